The molecule has 0 spiro atoms. The van der Waals surface area contributed by atoms with Gasteiger partial charge in [-0.05, 0) is 48.9 Å². The number of nitrogens with zero attached hydrogens (tertiary/aromatic N) is 1. The predicted octanol–water partition coefficient (Wildman–Crippen LogP) is 4.41. The number of anilines is 2. The van der Waals surface area contributed by atoms with Crippen LogP contribution in [0.4, 0.5) is 24.5 Å². The van der Waals surface area contributed by atoms with Crippen LogP contribution in [0.3, 0.4) is 0 Å². The normalized spacial score (nSPS) is 15.5. The highest BCUT2D eigenvalue weighted by Crippen LogP contribution is 2.36. The van der Waals surface area contributed by atoms with Crippen LogP contribution >= 0.6 is 15.9 Å². The molecule has 152 valence electrons. The van der Waals surface area contributed by atoms with Crippen LogP contribution in [0.1, 0.15) is 11.1 Å². The van der Waals surface area contributed by atoms with Crippen molar-refractivity contribution in [2.75, 3.05) is 35.9 Å². The second kappa shape index (κ2) is 7.92. The van der Waals surface area contributed by atoms with Gasteiger partial charge in [0.05, 0.1) is 35.0 Å². The highest BCUT2D eigenvalue weighted by Gasteiger charge is 2.32. The SMILES string of the molecule is Cc1cc(S(=O)(=O)Nc2cc(C(F)(F)F)ccc2N2CCOCC2)ccc1Br. The minimum Gasteiger partial charge on any atom is -0.378 e. The summed E-state index contributed by atoms with van der Waals surface area (Å²) in [6.45, 7) is 3.47. The molecule has 0 atom stereocenters. The van der Waals surface area contributed by atoms with Gasteiger partial charge in [-0.25, -0.2) is 8.42 Å². The molecule has 0 bridgehead atoms. The third-order valence-corrected chi connectivity index (χ3v) is 6.61. The Morgan fingerprint density at radius 3 is 2.39 bits per heavy atom. The molecule has 2 aromatic rings. The first-order valence-corrected chi connectivity index (χ1v) is 10.7. The molecular formula is C18H18BrF3N2O3S. The maximum atomic E-state index is 13.2. The Balaban J connectivity index is 2.03. The number of halogens is 4. The average molecular weight is 479 g/mol. The summed E-state index contributed by atoms with van der Waals surface area (Å²) < 4.78 is 73.5. The van der Waals surface area contributed by atoms with Crippen LogP contribution < -0.4 is 9.62 Å². The molecule has 0 radical (unpaired) electrons. The summed E-state index contributed by atoms with van der Waals surface area (Å²) in [4.78, 5) is 1.77. The second-order valence-electron chi connectivity index (χ2n) is 6.35. The molecule has 3 rings (SSSR count). The van der Waals surface area contributed by atoms with Crippen LogP contribution in [0.2, 0.25) is 0 Å². The summed E-state index contributed by atoms with van der Waals surface area (Å²) in [7, 11) is -4.07. The highest BCUT2D eigenvalue weighted by atomic mass is 79.9. The first-order valence-electron chi connectivity index (χ1n) is 8.41. The van der Waals surface area contributed by atoms with Gasteiger partial charge in [0.2, 0.25) is 0 Å². The molecule has 1 fully saturated rings. The van der Waals surface area contributed by atoms with Gasteiger partial charge < -0.3 is 9.64 Å². The van der Waals surface area contributed by atoms with Crippen LogP contribution in [0.5, 0.6) is 0 Å². The molecule has 10 heteroatoms. The summed E-state index contributed by atoms with van der Waals surface area (Å²) in [6.07, 6.45) is -4.59. The third kappa shape index (κ3) is 4.61. The zero-order chi connectivity index (χ0) is 20.5. The summed E-state index contributed by atoms with van der Waals surface area (Å²) in [5, 5.41) is 0. The summed E-state index contributed by atoms with van der Waals surface area (Å²) in [5.41, 5.74) is 0.0421. The highest BCUT2D eigenvalue weighted by molar-refractivity contribution is 9.10. The van der Waals surface area contributed by atoms with Crippen molar-refractivity contribution in [2.45, 2.75) is 18.0 Å². The van der Waals surface area contributed by atoms with Gasteiger partial charge in [0.25, 0.3) is 10.0 Å². The van der Waals surface area contributed by atoms with E-state index in [1.807, 2.05) is 0 Å². The number of ether oxygens (including phenoxy) is 1. The molecule has 5 nitrogen and oxygen atoms in total. The lowest BCUT2D eigenvalue weighted by atomic mass is 10.1. The molecule has 0 saturated carbocycles. The largest absolute Gasteiger partial charge is 0.416 e. The van der Waals surface area contributed by atoms with Gasteiger partial charge in [0.1, 0.15) is 0 Å². The Labute approximate surface area is 169 Å². The van der Waals surface area contributed by atoms with Crippen LogP contribution in [0.15, 0.2) is 45.8 Å². The van der Waals surface area contributed by atoms with Crippen molar-refractivity contribution in [3.8, 4) is 0 Å². The molecule has 1 aliphatic heterocycles. The molecule has 0 amide bonds. The van der Waals surface area contributed by atoms with E-state index in [0.717, 1.165) is 16.6 Å². The van der Waals surface area contributed by atoms with Gasteiger partial charge in [-0.3, -0.25) is 4.72 Å². The molecular weight excluding hydrogens is 461 g/mol. The molecule has 1 heterocycles. The van der Waals surface area contributed by atoms with Gasteiger partial charge in [0.15, 0.2) is 0 Å². The van der Waals surface area contributed by atoms with E-state index in [4.69, 9.17) is 4.74 Å². The van der Waals surface area contributed by atoms with E-state index in [2.05, 4.69) is 20.7 Å². The van der Waals surface area contributed by atoms with Gasteiger partial charge in [-0.1, -0.05) is 15.9 Å². The topological polar surface area (TPSA) is 58.6 Å². The molecule has 1 aliphatic rings. The lowest BCUT2D eigenvalue weighted by Gasteiger charge is -2.31. The van der Waals surface area contributed by atoms with Crippen molar-refractivity contribution >= 4 is 37.3 Å². The van der Waals surface area contributed by atoms with E-state index in [1.54, 1.807) is 17.9 Å². The monoisotopic (exact) mass is 478 g/mol. The Kier molecular flexibility index (Phi) is 5.92. The molecule has 0 aliphatic carbocycles. The first kappa shape index (κ1) is 20.9. The van der Waals surface area contributed by atoms with Crippen molar-refractivity contribution in [1.82, 2.24) is 0 Å². The van der Waals surface area contributed by atoms with Gasteiger partial charge in [-0.2, -0.15) is 13.2 Å². The van der Waals surface area contributed by atoms with Crippen LogP contribution in [0.25, 0.3) is 0 Å². The van der Waals surface area contributed by atoms with Crippen molar-refractivity contribution in [3.05, 3.63) is 52.0 Å². The fourth-order valence-electron chi connectivity index (χ4n) is 2.86. The fraction of sp³-hybridized carbons (Fsp3) is 0.333. The number of hydrogen-bond donors (Lipinski definition) is 1. The average Bonchev–Trinajstić information content (AvgIpc) is 2.63. The maximum Gasteiger partial charge on any atom is 0.416 e. The number of aryl methyl sites for hydroxylation is 1. The van der Waals surface area contributed by atoms with E-state index < -0.39 is 21.8 Å². The number of sulfonamides is 1. The quantitative estimate of drug-likeness (QED) is 0.706. The first-order chi connectivity index (χ1) is 13.1. The number of hydrogen-bond acceptors (Lipinski definition) is 4. The molecule has 1 saturated heterocycles. The van der Waals surface area contributed by atoms with E-state index in [-0.39, 0.29) is 10.6 Å². The standard InChI is InChI=1S/C18H18BrF3N2O3S/c1-12-10-14(3-4-15(12)19)28(25,26)23-16-11-13(18(20,21)22)2-5-17(16)24-6-8-27-9-7-24/h2-5,10-11,23H,6-9H2,1H3. The van der Waals surface area contributed by atoms with Crippen molar-refractivity contribution < 1.29 is 26.3 Å². The Hall–Kier alpha value is -1.78. The number of morpholine rings is 1. The lowest BCUT2D eigenvalue weighted by Crippen LogP contribution is -2.36. The number of alkyl halides is 3. The molecule has 1 N–H and O–H groups in total. The summed E-state index contributed by atoms with van der Waals surface area (Å²) in [6, 6.07) is 7.49. The number of benzene rings is 2. The molecule has 0 unspecified atom stereocenters. The van der Waals surface area contributed by atoms with E-state index in [9.17, 15) is 21.6 Å². The molecule has 2 aromatic carbocycles. The minimum absolute atomic E-state index is 0.0291. The lowest BCUT2D eigenvalue weighted by molar-refractivity contribution is -0.137. The maximum absolute atomic E-state index is 13.2. The minimum atomic E-state index is -4.59. The van der Waals surface area contributed by atoms with Crippen LogP contribution in [-0.4, -0.2) is 34.7 Å². The van der Waals surface area contributed by atoms with E-state index >= 15 is 0 Å². The van der Waals surface area contributed by atoms with E-state index in [0.29, 0.717) is 37.6 Å². The number of rotatable bonds is 4. The molecule has 28 heavy (non-hydrogen) atoms. The van der Waals surface area contributed by atoms with Crippen LogP contribution in [0, 0.1) is 6.92 Å². The Morgan fingerprint density at radius 1 is 1.11 bits per heavy atom. The Morgan fingerprint density at radius 2 is 1.79 bits per heavy atom. The van der Waals surface area contributed by atoms with Crippen molar-refractivity contribution in [2.24, 2.45) is 0 Å². The summed E-state index contributed by atoms with van der Waals surface area (Å²) >= 11 is 3.30. The van der Waals surface area contributed by atoms with Gasteiger partial charge in [-0.15, -0.1) is 0 Å². The number of nitrogens with one attached hydrogen (secondary N) is 1. The van der Waals surface area contributed by atoms with Gasteiger partial charge >= 0.3 is 6.18 Å². The van der Waals surface area contributed by atoms with E-state index in [1.165, 1.54) is 18.2 Å². The van der Waals surface area contributed by atoms with Crippen LogP contribution in [-0.2, 0) is 20.9 Å². The zero-order valence-electron chi connectivity index (χ0n) is 14.9. The smallest absolute Gasteiger partial charge is 0.378 e. The van der Waals surface area contributed by atoms with Crippen molar-refractivity contribution in [1.29, 1.82) is 0 Å². The third-order valence-electron chi connectivity index (χ3n) is 4.36. The predicted molar refractivity (Wildman–Crippen MR) is 104 cm³/mol. The Bertz CT molecular complexity index is 975. The second-order valence-corrected chi connectivity index (χ2v) is 8.88. The zero-order valence-corrected chi connectivity index (χ0v) is 17.3. The van der Waals surface area contributed by atoms with Gasteiger partial charge in [0, 0.05) is 17.6 Å². The van der Waals surface area contributed by atoms with Crippen molar-refractivity contribution in [3.63, 3.8) is 0 Å². The molecule has 0 aromatic heterocycles. The fourth-order valence-corrected chi connectivity index (χ4v) is 4.26. The summed E-state index contributed by atoms with van der Waals surface area (Å²) in [5.74, 6) is 0.